The third-order valence-corrected chi connectivity index (χ3v) is 5.62. The Balaban J connectivity index is 1.99. The summed E-state index contributed by atoms with van der Waals surface area (Å²) in [4.78, 5) is 36.4. The lowest BCUT2D eigenvalue weighted by Crippen LogP contribution is -2.43. The summed E-state index contributed by atoms with van der Waals surface area (Å²) in [5.74, 6) is -2.56. The maximum Gasteiger partial charge on any atom is 0.328 e. The van der Waals surface area contributed by atoms with Crippen molar-refractivity contribution in [3.63, 3.8) is 0 Å². The topological polar surface area (TPSA) is 63.7 Å². The summed E-state index contributed by atoms with van der Waals surface area (Å²) < 4.78 is 5.47. The number of anilines is 1. The first-order valence-corrected chi connectivity index (χ1v) is 7.38. The van der Waals surface area contributed by atoms with Crippen molar-refractivity contribution in [3.8, 4) is 0 Å². The number of piperidine rings is 1. The molecule has 0 aromatic heterocycles. The number of rotatable bonds is 2. The van der Waals surface area contributed by atoms with Crippen LogP contribution in [0.25, 0.3) is 0 Å². The maximum atomic E-state index is 12.6. The van der Waals surface area contributed by atoms with Crippen molar-refractivity contribution >= 4 is 51.0 Å². The highest BCUT2D eigenvalue weighted by Crippen LogP contribution is 2.71. The van der Waals surface area contributed by atoms with E-state index in [2.05, 4.69) is 20.7 Å². The molecule has 1 heterocycles. The molecule has 21 heavy (non-hydrogen) atoms. The number of ether oxygens (including phenoxy) is 1. The van der Waals surface area contributed by atoms with Crippen molar-refractivity contribution in [2.45, 2.75) is 11.8 Å². The molecule has 2 fully saturated rings. The summed E-state index contributed by atoms with van der Waals surface area (Å²) >= 11 is 9.51. The van der Waals surface area contributed by atoms with Gasteiger partial charge in [-0.05, 0) is 31.2 Å². The van der Waals surface area contributed by atoms with Crippen molar-refractivity contribution in [2.24, 2.45) is 11.3 Å². The van der Waals surface area contributed by atoms with Crippen LogP contribution in [0.1, 0.15) is 6.92 Å². The summed E-state index contributed by atoms with van der Waals surface area (Å²) in [5, 5.41) is 0. The maximum absolute atomic E-state index is 12.6. The quantitative estimate of drug-likeness (QED) is 0.453. The summed E-state index contributed by atoms with van der Waals surface area (Å²) in [5.41, 5.74) is -0.781. The summed E-state index contributed by atoms with van der Waals surface area (Å²) in [6, 6.07) is 6.77. The Morgan fingerprint density at radius 2 is 1.90 bits per heavy atom. The van der Waals surface area contributed by atoms with E-state index in [1.54, 1.807) is 24.3 Å². The van der Waals surface area contributed by atoms with Gasteiger partial charge in [-0.25, -0.2) is 4.90 Å². The number of carbonyl (C=O) groups is 3. The second-order valence-electron chi connectivity index (χ2n) is 5.29. The highest BCUT2D eigenvalue weighted by atomic mass is 79.9. The van der Waals surface area contributed by atoms with E-state index < -0.39 is 34.0 Å². The average Bonchev–Trinajstić information content (AvgIpc) is 2.90. The van der Waals surface area contributed by atoms with E-state index in [1.165, 1.54) is 14.0 Å². The molecule has 0 unspecified atom stereocenters. The van der Waals surface area contributed by atoms with Crippen LogP contribution in [0, 0.1) is 11.3 Å². The summed E-state index contributed by atoms with van der Waals surface area (Å²) in [7, 11) is 1.19. The predicted octanol–water partition coefficient (Wildman–Crippen LogP) is 2.11. The smallest absolute Gasteiger partial charge is 0.328 e. The molecule has 1 aromatic rings. The number of halogens is 2. The highest BCUT2D eigenvalue weighted by molar-refractivity contribution is 9.10. The molecule has 0 spiro atoms. The number of benzene rings is 1. The minimum atomic E-state index is -1.58. The van der Waals surface area contributed by atoms with Crippen LogP contribution < -0.4 is 4.90 Å². The Hall–Kier alpha value is -1.40. The molecular weight excluding hydrogens is 362 g/mol. The number of fused-ring (bicyclic) bond motifs is 1. The first-order valence-electron chi connectivity index (χ1n) is 6.21. The Morgan fingerprint density at radius 3 is 2.33 bits per heavy atom. The Bertz CT molecular complexity index is 676. The normalized spacial score (nSPS) is 33.9. The minimum Gasteiger partial charge on any atom is -0.468 e. The van der Waals surface area contributed by atoms with Crippen LogP contribution >= 0.6 is 27.5 Å². The molecule has 0 bridgehead atoms. The van der Waals surface area contributed by atoms with E-state index in [0.717, 1.165) is 9.37 Å². The van der Waals surface area contributed by atoms with Crippen molar-refractivity contribution in [2.75, 3.05) is 12.0 Å². The van der Waals surface area contributed by atoms with Gasteiger partial charge >= 0.3 is 5.97 Å². The number of carbonyl (C=O) groups excluding carboxylic acids is 3. The van der Waals surface area contributed by atoms with Gasteiger partial charge < -0.3 is 4.74 Å². The van der Waals surface area contributed by atoms with Crippen molar-refractivity contribution in [1.29, 1.82) is 0 Å². The number of alkyl halides is 1. The number of methoxy groups -OCH3 is 1. The Labute approximate surface area is 134 Å². The fraction of sp³-hybridized carbons (Fsp3) is 0.357. The van der Waals surface area contributed by atoms with Gasteiger partial charge in [-0.2, -0.15) is 0 Å². The van der Waals surface area contributed by atoms with E-state index in [9.17, 15) is 14.4 Å². The molecule has 0 radical (unpaired) electrons. The summed E-state index contributed by atoms with van der Waals surface area (Å²) in [6.07, 6.45) is 0. The average molecular weight is 373 g/mol. The van der Waals surface area contributed by atoms with Crippen LogP contribution in [-0.2, 0) is 19.1 Å². The van der Waals surface area contributed by atoms with Crippen LogP contribution in [0.3, 0.4) is 0 Å². The van der Waals surface area contributed by atoms with E-state index in [-0.39, 0.29) is 0 Å². The number of hydrogen-bond donors (Lipinski definition) is 0. The number of imide groups is 1. The molecule has 3 rings (SSSR count). The number of nitrogens with zero attached hydrogens (tertiary/aromatic N) is 1. The van der Waals surface area contributed by atoms with Gasteiger partial charge in [0.05, 0.1) is 24.1 Å². The van der Waals surface area contributed by atoms with Gasteiger partial charge in [0.1, 0.15) is 0 Å². The lowest BCUT2D eigenvalue weighted by molar-refractivity contribution is -0.144. The third-order valence-electron chi connectivity index (χ3n) is 4.33. The van der Waals surface area contributed by atoms with Crippen molar-refractivity contribution < 1.29 is 19.1 Å². The molecule has 1 aliphatic heterocycles. The lowest BCUT2D eigenvalue weighted by Gasteiger charge is -2.23. The molecule has 1 aliphatic carbocycles. The zero-order chi connectivity index (χ0) is 15.6. The molecule has 5 nitrogen and oxygen atoms in total. The first kappa shape index (κ1) is 14.5. The van der Waals surface area contributed by atoms with Gasteiger partial charge in [0.25, 0.3) is 0 Å². The van der Waals surface area contributed by atoms with Crippen LogP contribution in [0.4, 0.5) is 5.69 Å². The number of hydrogen-bond acceptors (Lipinski definition) is 4. The molecule has 0 N–H and O–H groups in total. The Morgan fingerprint density at radius 1 is 1.33 bits per heavy atom. The van der Waals surface area contributed by atoms with E-state index in [1.807, 2.05) is 0 Å². The second kappa shape index (κ2) is 4.30. The number of esters is 1. The van der Waals surface area contributed by atoms with E-state index in [4.69, 9.17) is 11.6 Å². The van der Waals surface area contributed by atoms with Crippen LogP contribution in [0.5, 0.6) is 0 Å². The zero-order valence-electron chi connectivity index (χ0n) is 11.2. The van der Waals surface area contributed by atoms with E-state index in [0.29, 0.717) is 5.69 Å². The molecular formula is C14H11BrClNO4. The minimum absolute atomic E-state index is 0.463. The SMILES string of the molecule is COC(=O)[C@@]1(Cl)[C@H]2C(=O)N(c3ccc(Br)cc3)C(=O)[C@]21C. The standard InChI is InChI=1S/C14H11BrClNO4/c1-13-9(14(13,16)12(20)21-2)10(18)17(11(13)19)8-5-3-7(15)4-6-8/h3-6,9H,1-2H3/t9-,13-,14-/m0/s1. The molecule has 1 saturated heterocycles. The molecule has 110 valence electrons. The predicted molar refractivity (Wildman–Crippen MR) is 78.8 cm³/mol. The fourth-order valence-corrected chi connectivity index (χ4v) is 3.83. The fourth-order valence-electron chi connectivity index (χ4n) is 3.05. The van der Waals surface area contributed by atoms with Gasteiger partial charge in [-0.1, -0.05) is 15.9 Å². The Kier molecular flexibility index (Phi) is 2.98. The molecule has 1 aromatic carbocycles. The molecule has 7 heteroatoms. The van der Waals surface area contributed by atoms with E-state index >= 15 is 0 Å². The molecule has 1 saturated carbocycles. The monoisotopic (exact) mass is 371 g/mol. The van der Waals surface area contributed by atoms with Gasteiger partial charge in [0, 0.05) is 4.47 Å². The van der Waals surface area contributed by atoms with Gasteiger partial charge in [-0.15, -0.1) is 11.6 Å². The largest absolute Gasteiger partial charge is 0.468 e. The van der Waals surface area contributed by atoms with Crippen molar-refractivity contribution in [1.82, 2.24) is 0 Å². The van der Waals surface area contributed by atoms with Gasteiger partial charge in [0.2, 0.25) is 11.8 Å². The van der Waals surface area contributed by atoms with Gasteiger partial charge in [0.15, 0.2) is 4.87 Å². The van der Waals surface area contributed by atoms with Crippen molar-refractivity contribution in [3.05, 3.63) is 28.7 Å². The molecule has 2 amide bonds. The van der Waals surface area contributed by atoms with Crippen LogP contribution in [0.2, 0.25) is 0 Å². The number of amides is 2. The first-order chi connectivity index (χ1) is 9.80. The molecule has 2 aliphatic rings. The third kappa shape index (κ3) is 1.54. The van der Waals surface area contributed by atoms with Crippen LogP contribution in [-0.4, -0.2) is 29.8 Å². The lowest BCUT2D eigenvalue weighted by atomic mass is 10.1. The second-order valence-corrected chi connectivity index (χ2v) is 6.81. The highest BCUT2D eigenvalue weighted by Gasteiger charge is 2.90. The van der Waals surface area contributed by atoms with Crippen LogP contribution in [0.15, 0.2) is 28.7 Å². The summed E-state index contributed by atoms with van der Waals surface area (Å²) in [6.45, 7) is 1.53. The zero-order valence-corrected chi connectivity index (χ0v) is 13.6. The van der Waals surface area contributed by atoms with Gasteiger partial charge in [-0.3, -0.25) is 14.4 Å². The molecule has 3 atom stereocenters.